The highest BCUT2D eigenvalue weighted by Crippen LogP contribution is 2.23. The molecular formula is C22H27N7O. The van der Waals surface area contributed by atoms with Crippen LogP contribution in [0.1, 0.15) is 47.1 Å². The number of ketones is 1. The van der Waals surface area contributed by atoms with Crippen LogP contribution in [0.3, 0.4) is 0 Å². The Morgan fingerprint density at radius 3 is 2.73 bits per heavy atom. The maximum atomic E-state index is 12.7. The molecule has 30 heavy (non-hydrogen) atoms. The van der Waals surface area contributed by atoms with Crippen molar-refractivity contribution >= 4 is 23.4 Å². The molecule has 0 spiro atoms. The molecule has 8 nitrogen and oxygen atoms in total. The van der Waals surface area contributed by atoms with Gasteiger partial charge in [0.1, 0.15) is 5.69 Å². The Morgan fingerprint density at radius 2 is 2.00 bits per heavy atom. The van der Waals surface area contributed by atoms with E-state index in [-0.39, 0.29) is 12.3 Å². The molecule has 8 heteroatoms. The molecule has 3 aromatic rings. The highest BCUT2D eigenvalue weighted by Gasteiger charge is 2.23. The predicted octanol–water partition coefficient (Wildman–Crippen LogP) is 2.77. The van der Waals surface area contributed by atoms with Gasteiger partial charge in [-0.1, -0.05) is 26.0 Å². The van der Waals surface area contributed by atoms with E-state index in [1.54, 1.807) is 12.4 Å². The molecule has 3 heterocycles. The number of carbonyl (C=O) groups is 1. The number of fused-ring (bicyclic) bond motifs is 1. The van der Waals surface area contributed by atoms with Gasteiger partial charge in [-0.3, -0.25) is 4.79 Å². The number of aromatic nitrogens is 4. The van der Waals surface area contributed by atoms with Gasteiger partial charge in [0.25, 0.3) is 0 Å². The third-order valence-corrected chi connectivity index (χ3v) is 5.40. The second kappa shape index (κ2) is 8.14. The number of hydrogen-bond acceptors (Lipinski definition) is 7. The quantitative estimate of drug-likeness (QED) is 0.608. The first-order valence-corrected chi connectivity index (χ1v) is 10.2. The first kappa shape index (κ1) is 19.9. The number of carbonyl (C=O) groups excluding carboxylic acids is 1. The van der Waals surface area contributed by atoms with E-state index in [0.717, 1.165) is 35.9 Å². The van der Waals surface area contributed by atoms with Gasteiger partial charge in [-0.05, 0) is 23.6 Å². The van der Waals surface area contributed by atoms with Gasteiger partial charge in [0.2, 0.25) is 17.7 Å². The zero-order valence-corrected chi connectivity index (χ0v) is 17.6. The van der Waals surface area contributed by atoms with Crippen molar-refractivity contribution in [2.45, 2.75) is 32.7 Å². The van der Waals surface area contributed by atoms with E-state index in [2.05, 4.69) is 51.1 Å². The minimum atomic E-state index is -0.0432. The van der Waals surface area contributed by atoms with Crippen molar-refractivity contribution in [1.82, 2.24) is 19.5 Å². The lowest BCUT2D eigenvalue weighted by atomic mass is 10.0. The first-order valence-electron chi connectivity index (χ1n) is 10.2. The van der Waals surface area contributed by atoms with Crippen LogP contribution in [0.5, 0.6) is 0 Å². The number of rotatable bonds is 6. The number of Topliss-reactive ketones (excluding diaryl/α,β-unsaturated/α-hetero) is 1. The maximum absolute atomic E-state index is 12.7. The van der Waals surface area contributed by atoms with Gasteiger partial charge >= 0.3 is 0 Å². The Bertz CT molecular complexity index is 1060. The number of nitrogens with zero attached hydrogens (tertiary/aromatic N) is 5. The van der Waals surface area contributed by atoms with Crippen LogP contribution in [0.2, 0.25) is 0 Å². The molecule has 1 aliphatic rings. The lowest BCUT2D eigenvalue weighted by Gasteiger charge is -2.28. The smallest absolute Gasteiger partial charge is 0.220 e. The Kier molecular flexibility index (Phi) is 5.39. The van der Waals surface area contributed by atoms with E-state index >= 15 is 0 Å². The first-order chi connectivity index (χ1) is 14.4. The van der Waals surface area contributed by atoms with Gasteiger partial charge in [0.05, 0.1) is 12.2 Å². The molecule has 3 N–H and O–H groups in total. The number of nitrogens with two attached hydrogens (primary N) is 1. The topological polar surface area (TPSA) is 102 Å². The molecule has 1 aromatic carbocycles. The molecule has 2 aromatic heterocycles. The molecule has 4 rings (SSSR count). The Balaban J connectivity index is 1.42. The van der Waals surface area contributed by atoms with Crippen LogP contribution in [0.4, 0.5) is 17.6 Å². The van der Waals surface area contributed by atoms with Crippen molar-refractivity contribution in [3.8, 4) is 0 Å². The second-order valence-corrected chi connectivity index (χ2v) is 7.96. The number of aryl methyl sites for hydroxylation is 1. The molecule has 0 amide bonds. The van der Waals surface area contributed by atoms with Crippen molar-refractivity contribution in [1.29, 1.82) is 0 Å². The van der Waals surface area contributed by atoms with Gasteiger partial charge in [0, 0.05) is 50.2 Å². The molecule has 0 saturated heterocycles. The number of imidazole rings is 1. The average molecular weight is 406 g/mol. The molecule has 0 atom stereocenters. The van der Waals surface area contributed by atoms with E-state index in [1.807, 2.05) is 23.7 Å². The zero-order valence-electron chi connectivity index (χ0n) is 17.6. The third kappa shape index (κ3) is 4.12. The third-order valence-electron chi connectivity index (χ3n) is 5.40. The summed E-state index contributed by atoms with van der Waals surface area (Å²) in [6.07, 6.45) is 4.33. The molecule has 0 fully saturated rings. The monoisotopic (exact) mass is 405 g/mol. The molecule has 0 aliphatic carbocycles. The highest BCUT2D eigenvalue weighted by atomic mass is 16.1. The average Bonchev–Trinajstić information content (AvgIpc) is 3.13. The summed E-state index contributed by atoms with van der Waals surface area (Å²) in [5, 5.41) is 3.19. The Morgan fingerprint density at radius 1 is 1.23 bits per heavy atom. The van der Waals surface area contributed by atoms with Crippen LogP contribution in [0.15, 0.2) is 36.7 Å². The summed E-state index contributed by atoms with van der Waals surface area (Å²) < 4.78 is 1.90. The summed E-state index contributed by atoms with van der Waals surface area (Å²) >= 11 is 0. The second-order valence-electron chi connectivity index (χ2n) is 7.96. The van der Waals surface area contributed by atoms with Crippen molar-refractivity contribution < 1.29 is 4.79 Å². The van der Waals surface area contributed by atoms with Crippen LogP contribution < -0.4 is 16.0 Å². The Labute approximate surface area is 176 Å². The Hall–Kier alpha value is -3.42. The van der Waals surface area contributed by atoms with Gasteiger partial charge < -0.3 is 20.5 Å². The molecular weight excluding hydrogens is 378 g/mol. The summed E-state index contributed by atoms with van der Waals surface area (Å²) in [6.45, 7) is 5.94. The van der Waals surface area contributed by atoms with Crippen molar-refractivity contribution in [2.24, 2.45) is 7.05 Å². The van der Waals surface area contributed by atoms with Crippen LogP contribution in [-0.4, -0.2) is 38.4 Å². The fraction of sp³-hybridized carbons (Fsp3) is 0.364. The number of benzene rings is 1. The van der Waals surface area contributed by atoms with Gasteiger partial charge in [-0.2, -0.15) is 0 Å². The van der Waals surface area contributed by atoms with Gasteiger partial charge in [-0.25, -0.2) is 15.0 Å². The summed E-state index contributed by atoms with van der Waals surface area (Å²) in [7, 11) is 1.91. The molecule has 0 bridgehead atoms. The lowest BCUT2D eigenvalue weighted by molar-refractivity contribution is 0.100. The van der Waals surface area contributed by atoms with Crippen LogP contribution in [0, 0.1) is 0 Å². The lowest BCUT2D eigenvalue weighted by Crippen LogP contribution is -2.33. The van der Waals surface area contributed by atoms with Crippen LogP contribution in [-0.2, 0) is 20.0 Å². The van der Waals surface area contributed by atoms with E-state index < -0.39 is 0 Å². The maximum Gasteiger partial charge on any atom is 0.220 e. The molecule has 0 unspecified atom stereocenters. The normalized spacial score (nSPS) is 13.4. The van der Waals surface area contributed by atoms with Crippen LogP contribution in [0.25, 0.3) is 0 Å². The predicted molar refractivity (Wildman–Crippen MR) is 118 cm³/mol. The molecule has 156 valence electrons. The highest BCUT2D eigenvalue weighted by molar-refractivity contribution is 5.97. The number of hydrogen-bond donors (Lipinski definition) is 2. The van der Waals surface area contributed by atoms with Crippen molar-refractivity contribution in [3.63, 3.8) is 0 Å². The zero-order chi connectivity index (χ0) is 21.3. The number of nitrogens with one attached hydrogen (secondary N) is 1. The largest absolute Gasteiger partial charge is 0.378 e. The minimum Gasteiger partial charge on any atom is -0.378 e. The van der Waals surface area contributed by atoms with E-state index in [1.165, 1.54) is 5.56 Å². The summed E-state index contributed by atoms with van der Waals surface area (Å²) in [5.41, 5.74) is 10.4. The SMILES string of the molecule is CC(C)c1ccc(NCC(=O)c2cn(C)c(N3CCc4nc(N)ncc4C3)n2)cc1. The van der Waals surface area contributed by atoms with E-state index in [4.69, 9.17) is 5.73 Å². The summed E-state index contributed by atoms with van der Waals surface area (Å²) in [5.74, 6) is 1.51. The van der Waals surface area contributed by atoms with E-state index in [9.17, 15) is 4.79 Å². The van der Waals surface area contributed by atoms with Crippen molar-refractivity contribution in [3.05, 3.63) is 59.2 Å². The fourth-order valence-electron chi connectivity index (χ4n) is 3.65. The summed E-state index contributed by atoms with van der Waals surface area (Å²) in [6, 6.07) is 8.18. The van der Waals surface area contributed by atoms with Gasteiger partial charge in [-0.15, -0.1) is 0 Å². The fourth-order valence-corrected chi connectivity index (χ4v) is 3.65. The molecule has 1 aliphatic heterocycles. The molecule has 0 radical (unpaired) electrons. The standard InChI is InChI=1S/C22H27N7O/c1-14(2)15-4-6-17(7-5-15)24-11-20(30)19-13-28(3)22(27-19)29-9-8-18-16(12-29)10-25-21(23)26-18/h4-7,10,13-14,24H,8-9,11-12H2,1-3H3,(H2,23,25,26). The van der Waals surface area contributed by atoms with Gasteiger partial charge in [0.15, 0.2) is 0 Å². The minimum absolute atomic E-state index is 0.0432. The number of nitrogen functional groups attached to an aromatic ring is 1. The van der Waals surface area contributed by atoms with Crippen LogP contribution >= 0.6 is 0 Å². The molecule has 0 saturated carbocycles. The van der Waals surface area contributed by atoms with E-state index in [0.29, 0.717) is 24.1 Å². The number of anilines is 3. The summed E-state index contributed by atoms with van der Waals surface area (Å²) in [4.78, 5) is 27.8. The van der Waals surface area contributed by atoms with Crippen molar-refractivity contribution in [2.75, 3.05) is 29.0 Å².